The van der Waals surface area contributed by atoms with E-state index in [4.69, 9.17) is 0 Å². The molecule has 0 saturated carbocycles. The fraction of sp³-hybridized carbons (Fsp3) is 0.0800. The highest BCUT2D eigenvalue weighted by molar-refractivity contribution is 6.07. The molecule has 0 aliphatic rings. The van der Waals surface area contributed by atoms with Gasteiger partial charge in [0, 0.05) is 10.9 Å². The zero-order valence-electron chi connectivity index (χ0n) is 16.7. The molecule has 30 heavy (non-hydrogen) atoms. The first-order valence-corrected chi connectivity index (χ1v) is 9.57. The summed E-state index contributed by atoms with van der Waals surface area (Å²) in [6.45, 7) is 4.03. The largest absolute Gasteiger partial charge is 0.272 e. The SMILES string of the molecule is Cc1ccc(C=NNC(=O)c2cc(-c3ccc(F)cc3)nc3ccccc23)c(C)c1. The van der Waals surface area contributed by atoms with Crippen molar-refractivity contribution < 1.29 is 9.18 Å². The van der Waals surface area contributed by atoms with Crippen molar-refractivity contribution in [3.8, 4) is 11.3 Å². The van der Waals surface area contributed by atoms with Gasteiger partial charge in [-0.2, -0.15) is 5.10 Å². The van der Waals surface area contributed by atoms with Crippen LogP contribution in [0.15, 0.2) is 77.9 Å². The number of carbonyl (C=O) groups excluding carboxylic acids is 1. The number of pyridine rings is 1. The van der Waals surface area contributed by atoms with Crippen molar-refractivity contribution in [1.82, 2.24) is 10.4 Å². The molecular weight excluding hydrogens is 377 g/mol. The summed E-state index contributed by atoms with van der Waals surface area (Å²) >= 11 is 0. The predicted molar refractivity (Wildman–Crippen MR) is 118 cm³/mol. The summed E-state index contributed by atoms with van der Waals surface area (Å²) in [6, 6.07) is 21.2. The Hall–Kier alpha value is -3.86. The minimum atomic E-state index is -0.335. The molecule has 0 fully saturated rings. The van der Waals surface area contributed by atoms with Gasteiger partial charge in [-0.15, -0.1) is 0 Å². The number of hydrogen-bond acceptors (Lipinski definition) is 3. The molecule has 0 aliphatic carbocycles. The number of hydrazone groups is 1. The van der Waals surface area contributed by atoms with Crippen LogP contribution in [0.1, 0.15) is 27.0 Å². The van der Waals surface area contributed by atoms with E-state index in [1.165, 1.54) is 17.7 Å². The van der Waals surface area contributed by atoms with Crippen molar-refractivity contribution in [2.45, 2.75) is 13.8 Å². The lowest BCUT2D eigenvalue weighted by molar-refractivity contribution is 0.0956. The summed E-state index contributed by atoms with van der Waals surface area (Å²) in [5, 5.41) is 4.86. The second-order valence-corrected chi connectivity index (χ2v) is 7.14. The highest BCUT2D eigenvalue weighted by atomic mass is 19.1. The number of halogens is 1. The van der Waals surface area contributed by atoms with Gasteiger partial charge in [0.05, 0.1) is 23.0 Å². The van der Waals surface area contributed by atoms with Gasteiger partial charge in [-0.05, 0) is 61.4 Å². The zero-order valence-corrected chi connectivity index (χ0v) is 16.7. The van der Waals surface area contributed by atoms with Gasteiger partial charge in [0.25, 0.3) is 5.91 Å². The third-order valence-electron chi connectivity index (χ3n) is 4.90. The lowest BCUT2D eigenvalue weighted by Crippen LogP contribution is -2.18. The molecule has 3 aromatic carbocycles. The molecular formula is C25H20FN3O. The highest BCUT2D eigenvalue weighted by Crippen LogP contribution is 2.25. The van der Waals surface area contributed by atoms with Crippen LogP contribution in [-0.4, -0.2) is 17.1 Å². The summed E-state index contributed by atoms with van der Waals surface area (Å²) in [5.41, 5.74) is 8.27. The van der Waals surface area contributed by atoms with E-state index in [2.05, 4.69) is 21.6 Å². The van der Waals surface area contributed by atoms with E-state index in [-0.39, 0.29) is 11.7 Å². The third-order valence-corrected chi connectivity index (χ3v) is 4.90. The lowest BCUT2D eigenvalue weighted by atomic mass is 10.0. The molecule has 0 radical (unpaired) electrons. The van der Waals surface area contributed by atoms with Crippen molar-refractivity contribution in [3.05, 3.63) is 101 Å². The number of aryl methyl sites for hydroxylation is 2. The second-order valence-electron chi connectivity index (χ2n) is 7.14. The Labute approximate surface area is 174 Å². The van der Waals surface area contributed by atoms with E-state index >= 15 is 0 Å². The third kappa shape index (κ3) is 4.10. The van der Waals surface area contributed by atoms with Crippen LogP contribution in [0.4, 0.5) is 4.39 Å². The number of aromatic nitrogens is 1. The number of benzene rings is 3. The first-order chi connectivity index (χ1) is 14.5. The Morgan fingerprint density at radius 1 is 1.00 bits per heavy atom. The molecule has 148 valence electrons. The van der Waals surface area contributed by atoms with Crippen LogP contribution in [0.3, 0.4) is 0 Å². The highest BCUT2D eigenvalue weighted by Gasteiger charge is 2.13. The van der Waals surface area contributed by atoms with Gasteiger partial charge >= 0.3 is 0 Å². The molecule has 0 unspecified atom stereocenters. The number of amides is 1. The van der Waals surface area contributed by atoms with Crippen LogP contribution in [0.2, 0.25) is 0 Å². The Kier molecular flexibility index (Phi) is 5.35. The number of carbonyl (C=O) groups is 1. The molecule has 0 aliphatic heterocycles. The van der Waals surface area contributed by atoms with E-state index < -0.39 is 0 Å². The van der Waals surface area contributed by atoms with Crippen LogP contribution in [-0.2, 0) is 0 Å². The first-order valence-electron chi connectivity index (χ1n) is 9.57. The van der Waals surface area contributed by atoms with Crippen LogP contribution in [0, 0.1) is 19.7 Å². The van der Waals surface area contributed by atoms with Crippen molar-refractivity contribution in [3.63, 3.8) is 0 Å². The number of para-hydroxylation sites is 1. The van der Waals surface area contributed by atoms with Gasteiger partial charge in [0.2, 0.25) is 0 Å². The van der Waals surface area contributed by atoms with Crippen LogP contribution in [0.5, 0.6) is 0 Å². The fourth-order valence-corrected chi connectivity index (χ4v) is 3.32. The average Bonchev–Trinajstić information content (AvgIpc) is 2.75. The maximum absolute atomic E-state index is 13.3. The molecule has 1 N–H and O–H groups in total. The topological polar surface area (TPSA) is 54.4 Å². The van der Waals surface area contributed by atoms with Gasteiger partial charge in [-0.3, -0.25) is 4.79 Å². The fourth-order valence-electron chi connectivity index (χ4n) is 3.32. The molecule has 4 nitrogen and oxygen atoms in total. The molecule has 1 amide bonds. The monoisotopic (exact) mass is 397 g/mol. The van der Waals surface area contributed by atoms with E-state index in [9.17, 15) is 9.18 Å². The van der Waals surface area contributed by atoms with Gasteiger partial charge in [0.15, 0.2) is 0 Å². The number of rotatable bonds is 4. The Morgan fingerprint density at radius 2 is 1.77 bits per heavy atom. The molecule has 1 aromatic heterocycles. The summed E-state index contributed by atoms with van der Waals surface area (Å²) < 4.78 is 13.3. The summed E-state index contributed by atoms with van der Waals surface area (Å²) in [7, 11) is 0. The summed E-state index contributed by atoms with van der Waals surface area (Å²) in [4.78, 5) is 17.5. The summed E-state index contributed by atoms with van der Waals surface area (Å²) in [5.74, 6) is -0.656. The molecule has 4 aromatic rings. The van der Waals surface area contributed by atoms with Crippen molar-refractivity contribution in [2.24, 2.45) is 5.10 Å². The maximum atomic E-state index is 13.3. The Bertz CT molecular complexity index is 1260. The minimum absolute atomic E-state index is 0.321. The number of hydrogen-bond donors (Lipinski definition) is 1. The standard InChI is InChI=1S/C25H20FN3O/c1-16-7-8-19(17(2)13-16)15-27-29-25(30)22-14-24(18-9-11-20(26)12-10-18)28-23-6-4-3-5-21(22)23/h3-15H,1-2H3,(H,29,30). The molecule has 5 heteroatoms. The molecule has 0 atom stereocenters. The molecule has 0 saturated heterocycles. The van der Waals surface area contributed by atoms with E-state index in [1.54, 1.807) is 24.4 Å². The van der Waals surface area contributed by atoms with Crippen molar-refractivity contribution >= 4 is 23.0 Å². The van der Waals surface area contributed by atoms with Gasteiger partial charge in [0.1, 0.15) is 5.82 Å². The number of nitrogens with zero attached hydrogens (tertiary/aromatic N) is 2. The zero-order chi connectivity index (χ0) is 21.1. The normalized spacial score (nSPS) is 11.2. The molecule has 1 heterocycles. The van der Waals surface area contributed by atoms with E-state index in [0.29, 0.717) is 16.8 Å². The van der Waals surface area contributed by atoms with Crippen LogP contribution >= 0.6 is 0 Å². The first kappa shape index (κ1) is 19.5. The summed E-state index contributed by atoms with van der Waals surface area (Å²) in [6.07, 6.45) is 1.64. The minimum Gasteiger partial charge on any atom is -0.267 e. The Balaban J connectivity index is 1.67. The lowest BCUT2D eigenvalue weighted by Gasteiger charge is -2.09. The quantitative estimate of drug-likeness (QED) is 0.369. The predicted octanol–water partition coefficient (Wildman–Crippen LogP) is 5.42. The molecule has 0 bridgehead atoms. The van der Waals surface area contributed by atoms with Crippen molar-refractivity contribution in [1.29, 1.82) is 0 Å². The van der Waals surface area contributed by atoms with Crippen molar-refractivity contribution in [2.75, 3.05) is 0 Å². The molecule has 0 spiro atoms. The van der Waals surface area contributed by atoms with Gasteiger partial charge in [-0.25, -0.2) is 14.8 Å². The van der Waals surface area contributed by atoms with E-state index in [1.807, 2.05) is 50.2 Å². The average molecular weight is 397 g/mol. The maximum Gasteiger partial charge on any atom is 0.272 e. The molecule has 4 rings (SSSR count). The van der Waals surface area contributed by atoms with Crippen LogP contribution < -0.4 is 5.43 Å². The van der Waals surface area contributed by atoms with Crippen LogP contribution in [0.25, 0.3) is 22.2 Å². The van der Waals surface area contributed by atoms with Gasteiger partial charge < -0.3 is 0 Å². The van der Waals surface area contributed by atoms with E-state index in [0.717, 1.165) is 22.1 Å². The second kappa shape index (κ2) is 8.25. The number of nitrogens with one attached hydrogen (secondary N) is 1. The number of fused-ring (bicyclic) bond motifs is 1. The van der Waals surface area contributed by atoms with Gasteiger partial charge in [-0.1, -0.05) is 42.0 Å². The Morgan fingerprint density at radius 3 is 2.53 bits per heavy atom. The smallest absolute Gasteiger partial charge is 0.267 e.